The van der Waals surface area contributed by atoms with Gasteiger partial charge in [0.25, 0.3) is 0 Å². The van der Waals surface area contributed by atoms with Gasteiger partial charge in [0.1, 0.15) is 17.5 Å². The van der Waals surface area contributed by atoms with Crippen LogP contribution in [0.25, 0.3) is 0 Å². The van der Waals surface area contributed by atoms with Crippen LogP contribution in [-0.2, 0) is 17.6 Å². The van der Waals surface area contributed by atoms with Crippen molar-refractivity contribution in [1.29, 1.82) is 0 Å². The molecule has 0 aliphatic heterocycles. The monoisotopic (exact) mass is 396 g/mol. The minimum Gasteiger partial charge on any atom is -0.384 e. The molecular formula is C21H18F2N4O2. The van der Waals surface area contributed by atoms with Crippen LogP contribution in [0.5, 0.6) is 0 Å². The molecule has 8 heteroatoms. The van der Waals surface area contributed by atoms with Gasteiger partial charge in [0, 0.05) is 18.3 Å². The van der Waals surface area contributed by atoms with Crippen molar-refractivity contribution in [3.05, 3.63) is 89.1 Å². The Morgan fingerprint density at radius 1 is 0.966 bits per heavy atom. The number of halogens is 2. The van der Waals surface area contributed by atoms with E-state index in [0.717, 1.165) is 5.56 Å². The molecule has 2 aromatic carbocycles. The van der Waals surface area contributed by atoms with Crippen LogP contribution < -0.4 is 16.4 Å². The Hall–Kier alpha value is -3.81. The van der Waals surface area contributed by atoms with Gasteiger partial charge in [-0.15, -0.1) is 0 Å². The number of imide groups is 1. The molecule has 0 spiro atoms. The van der Waals surface area contributed by atoms with Crippen LogP contribution in [0, 0.1) is 11.6 Å². The van der Waals surface area contributed by atoms with Crippen LogP contribution in [0.4, 0.5) is 25.1 Å². The highest BCUT2D eigenvalue weighted by atomic mass is 19.1. The molecule has 0 saturated carbocycles. The predicted octanol–water partition coefficient (Wildman–Crippen LogP) is 3.42. The van der Waals surface area contributed by atoms with Gasteiger partial charge in [-0.05, 0) is 53.1 Å². The highest BCUT2D eigenvalue weighted by molar-refractivity contribution is 6.01. The molecule has 3 aromatic rings. The molecule has 1 heterocycles. The van der Waals surface area contributed by atoms with Crippen molar-refractivity contribution in [2.24, 2.45) is 0 Å². The number of pyridine rings is 1. The number of anilines is 2. The van der Waals surface area contributed by atoms with Gasteiger partial charge in [-0.2, -0.15) is 0 Å². The van der Waals surface area contributed by atoms with Gasteiger partial charge in [-0.25, -0.2) is 18.6 Å². The molecule has 6 nitrogen and oxygen atoms in total. The van der Waals surface area contributed by atoms with Gasteiger partial charge in [-0.1, -0.05) is 18.2 Å². The first-order valence-corrected chi connectivity index (χ1v) is 8.73. The maximum absolute atomic E-state index is 14.4. The highest BCUT2D eigenvalue weighted by Crippen LogP contribution is 2.18. The van der Waals surface area contributed by atoms with E-state index in [-0.39, 0.29) is 12.1 Å². The fourth-order valence-corrected chi connectivity index (χ4v) is 2.71. The van der Waals surface area contributed by atoms with Gasteiger partial charge < -0.3 is 11.1 Å². The van der Waals surface area contributed by atoms with Crippen LogP contribution in [0.3, 0.4) is 0 Å². The lowest BCUT2D eigenvalue weighted by atomic mass is 10.0. The zero-order valence-electron chi connectivity index (χ0n) is 15.3. The fraction of sp³-hybridized carbons (Fsp3) is 0.0952. The van der Waals surface area contributed by atoms with Gasteiger partial charge in [0.15, 0.2) is 0 Å². The van der Waals surface area contributed by atoms with Crippen molar-refractivity contribution >= 4 is 23.4 Å². The third-order valence-electron chi connectivity index (χ3n) is 4.08. The Bertz CT molecular complexity index is 1040. The average Bonchev–Trinajstić information content (AvgIpc) is 2.66. The SMILES string of the molecule is Nc1cc(Cc2ccc(NC(=O)NC(=O)Cc3ccc(F)cc3)cc2F)ccn1. The number of nitrogen functional groups attached to an aromatic ring is 1. The van der Waals surface area contributed by atoms with Crippen molar-refractivity contribution in [1.82, 2.24) is 10.3 Å². The molecule has 1 aromatic heterocycles. The summed E-state index contributed by atoms with van der Waals surface area (Å²) >= 11 is 0. The molecule has 0 radical (unpaired) electrons. The maximum Gasteiger partial charge on any atom is 0.325 e. The summed E-state index contributed by atoms with van der Waals surface area (Å²) in [7, 11) is 0. The normalized spacial score (nSPS) is 10.4. The molecule has 3 amide bonds. The number of carbonyl (C=O) groups is 2. The standard InChI is InChI=1S/C21H18F2N4O2/c22-16-4-1-13(2-5-16)11-20(28)27-21(29)26-17-6-3-15(18(23)12-17)9-14-7-8-25-19(24)10-14/h1-8,10,12H,9,11H2,(H2,24,25)(H2,26,27,28,29). The number of nitrogens with zero attached hydrogens (tertiary/aromatic N) is 1. The number of benzene rings is 2. The summed E-state index contributed by atoms with van der Waals surface area (Å²) in [6.07, 6.45) is 1.78. The minimum absolute atomic E-state index is 0.0872. The van der Waals surface area contributed by atoms with Crippen molar-refractivity contribution in [3.8, 4) is 0 Å². The molecule has 148 valence electrons. The van der Waals surface area contributed by atoms with Crippen LogP contribution in [0.1, 0.15) is 16.7 Å². The summed E-state index contributed by atoms with van der Waals surface area (Å²) < 4.78 is 27.2. The number of nitrogens with one attached hydrogen (secondary N) is 2. The Morgan fingerprint density at radius 2 is 1.72 bits per heavy atom. The van der Waals surface area contributed by atoms with E-state index in [9.17, 15) is 18.4 Å². The van der Waals surface area contributed by atoms with E-state index in [0.29, 0.717) is 23.4 Å². The molecule has 0 atom stereocenters. The Morgan fingerprint density at radius 3 is 2.41 bits per heavy atom. The fourth-order valence-electron chi connectivity index (χ4n) is 2.71. The van der Waals surface area contributed by atoms with Crippen molar-refractivity contribution in [2.45, 2.75) is 12.8 Å². The van der Waals surface area contributed by atoms with Crippen molar-refractivity contribution < 1.29 is 18.4 Å². The summed E-state index contributed by atoms with van der Waals surface area (Å²) in [6.45, 7) is 0. The molecular weight excluding hydrogens is 378 g/mol. The van der Waals surface area contributed by atoms with E-state index in [2.05, 4.69) is 15.6 Å². The zero-order valence-corrected chi connectivity index (χ0v) is 15.3. The number of rotatable bonds is 5. The number of hydrogen-bond donors (Lipinski definition) is 3. The summed E-state index contributed by atoms with van der Waals surface area (Å²) in [5, 5.41) is 4.55. The molecule has 0 aliphatic rings. The molecule has 0 fully saturated rings. The maximum atomic E-state index is 14.4. The Balaban J connectivity index is 1.56. The van der Waals surface area contributed by atoms with Gasteiger partial charge >= 0.3 is 6.03 Å². The van der Waals surface area contributed by atoms with Gasteiger partial charge in [0.05, 0.1) is 6.42 Å². The second kappa shape index (κ2) is 8.92. The number of aromatic nitrogens is 1. The first kappa shape index (κ1) is 19.9. The first-order valence-electron chi connectivity index (χ1n) is 8.73. The minimum atomic E-state index is -0.786. The van der Waals surface area contributed by atoms with Crippen LogP contribution in [-0.4, -0.2) is 16.9 Å². The van der Waals surface area contributed by atoms with E-state index in [4.69, 9.17) is 5.73 Å². The lowest BCUT2D eigenvalue weighted by Gasteiger charge is -2.09. The number of hydrogen-bond acceptors (Lipinski definition) is 4. The number of urea groups is 1. The molecule has 0 aliphatic carbocycles. The smallest absolute Gasteiger partial charge is 0.325 e. The average molecular weight is 396 g/mol. The lowest BCUT2D eigenvalue weighted by Crippen LogP contribution is -2.35. The largest absolute Gasteiger partial charge is 0.384 e. The van der Waals surface area contributed by atoms with E-state index < -0.39 is 23.6 Å². The molecule has 4 N–H and O–H groups in total. The second-order valence-electron chi connectivity index (χ2n) is 6.38. The number of amides is 3. The summed E-state index contributed by atoms with van der Waals surface area (Å²) in [4.78, 5) is 27.7. The summed E-state index contributed by atoms with van der Waals surface area (Å²) in [6, 6.07) is 12.2. The third kappa shape index (κ3) is 5.83. The van der Waals surface area contributed by atoms with Crippen molar-refractivity contribution in [2.75, 3.05) is 11.1 Å². The summed E-state index contributed by atoms with van der Waals surface area (Å²) in [5.74, 6) is -1.13. The van der Waals surface area contributed by atoms with Gasteiger partial charge in [0.2, 0.25) is 5.91 Å². The third-order valence-corrected chi connectivity index (χ3v) is 4.08. The first-order chi connectivity index (χ1) is 13.9. The van der Waals surface area contributed by atoms with E-state index in [1.165, 1.54) is 36.4 Å². The molecule has 0 unspecified atom stereocenters. The molecule has 0 saturated heterocycles. The topological polar surface area (TPSA) is 97.1 Å². The lowest BCUT2D eigenvalue weighted by molar-refractivity contribution is -0.119. The highest BCUT2D eigenvalue weighted by Gasteiger charge is 2.11. The van der Waals surface area contributed by atoms with Crippen LogP contribution in [0.15, 0.2) is 60.8 Å². The quantitative estimate of drug-likeness (QED) is 0.616. The van der Waals surface area contributed by atoms with E-state index in [1.807, 2.05) is 0 Å². The molecule has 3 rings (SSSR count). The molecule has 0 bridgehead atoms. The van der Waals surface area contributed by atoms with E-state index in [1.54, 1.807) is 24.4 Å². The Kier molecular flexibility index (Phi) is 6.13. The summed E-state index contributed by atoms with van der Waals surface area (Å²) in [5.41, 5.74) is 7.61. The molecule has 29 heavy (non-hydrogen) atoms. The van der Waals surface area contributed by atoms with Crippen LogP contribution in [0.2, 0.25) is 0 Å². The number of carbonyl (C=O) groups excluding carboxylic acids is 2. The van der Waals surface area contributed by atoms with Crippen molar-refractivity contribution in [3.63, 3.8) is 0 Å². The second-order valence-corrected chi connectivity index (χ2v) is 6.38. The number of nitrogens with two attached hydrogens (primary N) is 1. The predicted molar refractivity (Wildman–Crippen MR) is 105 cm³/mol. The van der Waals surface area contributed by atoms with Gasteiger partial charge in [-0.3, -0.25) is 10.1 Å². The Labute approximate surface area is 165 Å². The van der Waals surface area contributed by atoms with E-state index >= 15 is 0 Å². The zero-order chi connectivity index (χ0) is 20.8. The van der Waals surface area contributed by atoms with Crippen LogP contribution >= 0.6 is 0 Å².